The first-order valence-electron chi connectivity index (χ1n) is 2.30. The van der Waals surface area contributed by atoms with Crippen molar-refractivity contribution in [3.8, 4) is 0 Å². The van der Waals surface area contributed by atoms with Crippen LogP contribution in [-0.2, 0) is 4.74 Å². The van der Waals surface area contributed by atoms with Crippen molar-refractivity contribution in [2.75, 3.05) is 7.11 Å². The maximum Gasteiger partial charge on any atom is 0.196 e. The normalized spacial score (nSPS) is 11.0. The molecule has 2 nitrogen and oxygen atoms in total. The fraction of sp³-hybridized carbons (Fsp3) is 0.800. The number of rotatable bonds is 1. The summed E-state index contributed by atoms with van der Waals surface area (Å²) >= 11 is 3.25. The molecule has 0 rings (SSSR count). The largest absolute Gasteiger partial charge is 0.483 e. The molecular weight excluding hydrogens is 170 g/mol. The fourth-order valence-electron chi connectivity index (χ4n) is 0.243. The Morgan fingerprint density at radius 2 is 2.00 bits per heavy atom. The molecule has 0 saturated carbocycles. The zero-order valence-corrected chi connectivity index (χ0v) is 6.87. The van der Waals surface area contributed by atoms with Crippen molar-refractivity contribution in [1.82, 2.24) is 0 Å². The molecular formula is C5H10BrNO. The lowest BCUT2D eigenvalue weighted by atomic mass is 10.2. The molecule has 0 aliphatic carbocycles. The summed E-state index contributed by atoms with van der Waals surface area (Å²) in [6, 6.07) is 0. The van der Waals surface area contributed by atoms with Crippen LogP contribution in [-0.4, -0.2) is 17.3 Å². The number of ether oxygens (including phenoxy) is 1. The van der Waals surface area contributed by atoms with E-state index < -0.39 is 0 Å². The average molecular weight is 180 g/mol. The van der Waals surface area contributed by atoms with Crippen LogP contribution in [0.4, 0.5) is 0 Å². The van der Waals surface area contributed by atoms with E-state index in [-0.39, 0.29) is 10.2 Å². The Labute approximate surface area is 57.9 Å². The monoisotopic (exact) mass is 179 g/mol. The second kappa shape index (κ2) is 2.49. The predicted molar refractivity (Wildman–Crippen MR) is 37.7 cm³/mol. The van der Waals surface area contributed by atoms with E-state index in [1.54, 1.807) is 0 Å². The predicted octanol–water partition coefficient (Wildman–Crippen LogP) is 1.78. The van der Waals surface area contributed by atoms with E-state index in [0.29, 0.717) is 0 Å². The Morgan fingerprint density at radius 3 is 2.00 bits per heavy atom. The Balaban J connectivity index is 3.82. The smallest absolute Gasteiger partial charge is 0.196 e. The summed E-state index contributed by atoms with van der Waals surface area (Å²) in [6.07, 6.45) is 0. The molecule has 0 atom stereocenters. The summed E-state index contributed by atoms with van der Waals surface area (Å²) in [5.41, 5.74) is 0. The molecule has 8 heavy (non-hydrogen) atoms. The molecule has 3 heteroatoms. The van der Waals surface area contributed by atoms with Crippen LogP contribution < -0.4 is 0 Å². The van der Waals surface area contributed by atoms with Crippen LogP contribution in [0.5, 0.6) is 0 Å². The van der Waals surface area contributed by atoms with E-state index in [1.165, 1.54) is 7.11 Å². The van der Waals surface area contributed by atoms with Crippen LogP contribution in [0, 0.1) is 5.41 Å². The van der Waals surface area contributed by atoms with E-state index in [1.807, 2.05) is 13.8 Å². The molecule has 48 valence electrons. The lowest BCUT2D eigenvalue weighted by Crippen LogP contribution is -2.24. The lowest BCUT2D eigenvalue weighted by molar-refractivity contribution is 0.378. The molecule has 0 bridgehead atoms. The van der Waals surface area contributed by atoms with E-state index in [2.05, 4.69) is 20.7 Å². The van der Waals surface area contributed by atoms with Gasteiger partial charge in [-0.3, -0.25) is 5.41 Å². The first-order valence-corrected chi connectivity index (χ1v) is 3.09. The summed E-state index contributed by atoms with van der Waals surface area (Å²) in [5, 5.41) is 7.12. The van der Waals surface area contributed by atoms with Crippen molar-refractivity contribution in [2.45, 2.75) is 18.2 Å². The van der Waals surface area contributed by atoms with E-state index in [4.69, 9.17) is 5.41 Å². The van der Waals surface area contributed by atoms with Crippen molar-refractivity contribution in [1.29, 1.82) is 5.41 Å². The van der Waals surface area contributed by atoms with Crippen molar-refractivity contribution < 1.29 is 4.74 Å². The third-order valence-corrected chi connectivity index (χ3v) is 1.10. The van der Waals surface area contributed by atoms with Gasteiger partial charge in [0, 0.05) is 0 Å². The summed E-state index contributed by atoms with van der Waals surface area (Å²) < 4.78 is 4.33. The second-order valence-electron chi connectivity index (χ2n) is 2.01. The molecule has 1 N–H and O–H groups in total. The minimum atomic E-state index is -0.318. The lowest BCUT2D eigenvalue weighted by Gasteiger charge is -2.14. The molecule has 0 aromatic heterocycles. The van der Waals surface area contributed by atoms with Crippen LogP contribution in [0.25, 0.3) is 0 Å². The highest BCUT2D eigenvalue weighted by Gasteiger charge is 2.19. The van der Waals surface area contributed by atoms with Gasteiger partial charge in [-0.2, -0.15) is 0 Å². The summed E-state index contributed by atoms with van der Waals surface area (Å²) in [6.45, 7) is 3.72. The molecule has 0 aliphatic rings. The van der Waals surface area contributed by atoms with E-state index >= 15 is 0 Å². The van der Waals surface area contributed by atoms with Crippen LogP contribution in [0.15, 0.2) is 0 Å². The number of nitrogens with one attached hydrogen (secondary N) is 1. The van der Waals surface area contributed by atoms with Crippen molar-refractivity contribution in [3.63, 3.8) is 0 Å². The van der Waals surface area contributed by atoms with Gasteiger partial charge in [0.25, 0.3) is 0 Å². The molecule has 0 radical (unpaired) electrons. The summed E-state index contributed by atoms with van der Waals surface area (Å²) in [5.74, 6) is 0.248. The standard InChI is InChI=1S/C5H10BrNO/c1-5(2,6)4(7)8-3/h7H,1-3H3. The minimum absolute atomic E-state index is 0.248. The fourth-order valence-corrected chi connectivity index (χ4v) is 0.405. The van der Waals surface area contributed by atoms with Gasteiger partial charge in [0.05, 0.1) is 11.4 Å². The van der Waals surface area contributed by atoms with Gasteiger partial charge in [0.15, 0.2) is 5.90 Å². The van der Waals surface area contributed by atoms with Gasteiger partial charge in [-0.05, 0) is 13.8 Å². The molecule has 0 heterocycles. The van der Waals surface area contributed by atoms with Crippen molar-refractivity contribution >= 4 is 21.8 Å². The molecule has 0 spiro atoms. The first-order chi connectivity index (χ1) is 3.48. The Morgan fingerprint density at radius 1 is 1.62 bits per heavy atom. The number of halogens is 1. The Bertz CT molecular complexity index is 95.1. The van der Waals surface area contributed by atoms with Crippen LogP contribution >= 0.6 is 15.9 Å². The molecule has 0 aromatic rings. The molecule has 0 amide bonds. The highest BCUT2D eigenvalue weighted by molar-refractivity contribution is 9.10. The van der Waals surface area contributed by atoms with Crippen LogP contribution in [0.1, 0.15) is 13.8 Å². The van der Waals surface area contributed by atoms with Gasteiger partial charge < -0.3 is 4.74 Å². The zero-order chi connectivity index (χ0) is 6.78. The van der Waals surface area contributed by atoms with Crippen molar-refractivity contribution in [2.24, 2.45) is 0 Å². The molecule has 0 fully saturated rings. The highest BCUT2D eigenvalue weighted by Crippen LogP contribution is 2.16. The van der Waals surface area contributed by atoms with Gasteiger partial charge >= 0.3 is 0 Å². The van der Waals surface area contributed by atoms with Gasteiger partial charge in [-0.1, -0.05) is 15.9 Å². The van der Waals surface area contributed by atoms with Crippen LogP contribution in [0.2, 0.25) is 0 Å². The maximum atomic E-state index is 7.12. The minimum Gasteiger partial charge on any atom is -0.483 e. The third-order valence-electron chi connectivity index (χ3n) is 0.744. The topological polar surface area (TPSA) is 33.1 Å². The summed E-state index contributed by atoms with van der Waals surface area (Å²) in [7, 11) is 1.49. The van der Waals surface area contributed by atoms with Gasteiger partial charge in [-0.25, -0.2) is 0 Å². The summed E-state index contributed by atoms with van der Waals surface area (Å²) in [4.78, 5) is 0. The van der Waals surface area contributed by atoms with Crippen LogP contribution in [0.3, 0.4) is 0 Å². The second-order valence-corrected chi connectivity index (χ2v) is 3.99. The van der Waals surface area contributed by atoms with E-state index in [9.17, 15) is 0 Å². The van der Waals surface area contributed by atoms with Crippen molar-refractivity contribution in [3.05, 3.63) is 0 Å². The third kappa shape index (κ3) is 2.31. The number of methoxy groups -OCH3 is 1. The number of hydrogen-bond donors (Lipinski definition) is 1. The zero-order valence-electron chi connectivity index (χ0n) is 5.29. The SMILES string of the molecule is COC(=N)C(C)(C)Br. The molecule has 0 aliphatic heterocycles. The average Bonchev–Trinajstić information content (AvgIpc) is 1.62. The first kappa shape index (κ1) is 7.95. The number of alkyl halides is 1. The molecule has 0 unspecified atom stereocenters. The van der Waals surface area contributed by atoms with E-state index in [0.717, 1.165) is 0 Å². The van der Waals surface area contributed by atoms with Gasteiger partial charge in [0.1, 0.15) is 0 Å². The van der Waals surface area contributed by atoms with Gasteiger partial charge in [0.2, 0.25) is 0 Å². The number of hydrogen-bond acceptors (Lipinski definition) is 2. The highest BCUT2D eigenvalue weighted by atomic mass is 79.9. The quantitative estimate of drug-likeness (QED) is 0.372. The Kier molecular flexibility index (Phi) is 2.47. The maximum absolute atomic E-state index is 7.12. The van der Waals surface area contributed by atoms with Gasteiger partial charge in [-0.15, -0.1) is 0 Å². The molecule has 0 aromatic carbocycles. The Hall–Kier alpha value is -0.0500. The molecule has 0 saturated heterocycles.